The van der Waals surface area contributed by atoms with E-state index in [0.29, 0.717) is 18.2 Å². The smallest absolute Gasteiger partial charge is 0.124 e. The van der Waals surface area contributed by atoms with Gasteiger partial charge in [-0.05, 0) is 56.0 Å². The van der Waals surface area contributed by atoms with Crippen LogP contribution in [-0.4, -0.2) is 18.7 Å². The second kappa shape index (κ2) is 7.37. The molecule has 2 rings (SSSR count). The molecule has 1 aliphatic carbocycles. The maximum Gasteiger partial charge on any atom is 0.124 e. The molecule has 0 spiro atoms. The molecule has 0 aromatic heterocycles. The number of nitrogens with one attached hydrogen (secondary N) is 1. The van der Waals surface area contributed by atoms with Crippen LogP contribution in [0.5, 0.6) is 0 Å². The van der Waals surface area contributed by atoms with Gasteiger partial charge in [0, 0.05) is 6.04 Å². The zero-order valence-electron chi connectivity index (χ0n) is 11.9. The highest BCUT2D eigenvalue weighted by molar-refractivity contribution is 5.33. The number of hydrogen-bond donors (Lipinski definition) is 1. The van der Waals surface area contributed by atoms with Crippen molar-refractivity contribution in [2.45, 2.75) is 51.4 Å². The third-order valence-electron chi connectivity index (χ3n) is 3.74. The molecule has 0 unspecified atom stereocenters. The third kappa shape index (κ3) is 4.29. The maximum absolute atomic E-state index is 13.3. The Morgan fingerprint density at radius 2 is 2.05 bits per heavy atom. The Morgan fingerprint density at radius 1 is 1.30 bits per heavy atom. The van der Waals surface area contributed by atoms with Crippen molar-refractivity contribution in [2.24, 2.45) is 0 Å². The van der Waals surface area contributed by atoms with Gasteiger partial charge in [-0.15, -0.1) is 0 Å². The minimum atomic E-state index is -0.376. The van der Waals surface area contributed by atoms with Crippen LogP contribution < -0.4 is 5.32 Å². The SMILES string of the molecule is CCNC1CCC(OCc2cc(F)cc(C#N)c2)CC1. The molecule has 20 heavy (non-hydrogen) atoms. The number of nitrogens with zero attached hydrogens (tertiary/aromatic N) is 1. The Morgan fingerprint density at radius 3 is 2.70 bits per heavy atom. The molecule has 1 fully saturated rings. The Hall–Kier alpha value is -1.44. The second-order valence-electron chi connectivity index (χ2n) is 5.30. The van der Waals surface area contributed by atoms with Crippen LogP contribution >= 0.6 is 0 Å². The first kappa shape index (κ1) is 15.0. The summed E-state index contributed by atoms with van der Waals surface area (Å²) in [6.45, 7) is 3.51. The van der Waals surface area contributed by atoms with Crippen molar-refractivity contribution in [2.75, 3.05) is 6.54 Å². The normalized spacial score (nSPS) is 22.4. The first-order valence-electron chi connectivity index (χ1n) is 7.25. The number of hydrogen-bond acceptors (Lipinski definition) is 3. The van der Waals surface area contributed by atoms with Gasteiger partial charge < -0.3 is 10.1 Å². The zero-order valence-corrected chi connectivity index (χ0v) is 11.9. The van der Waals surface area contributed by atoms with E-state index < -0.39 is 0 Å². The van der Waals surface area contributed by atoms with Crippen molar-refractivity contribution in [3.8, 4) is 6.07 Å². The zero-order chi connectivity index (χ0) is 14.4. The molecule has 1 N–H and O–H groups in total. The summed E-state index contributed by atoms with van der Waals surface area (Å²) in [5.41, 5.74) is 1.08. The van der Waals surface area contributed by atoms with Crippen LogP contribution in [0.15, 0.2) is 18.2 Å². The van der Waals surface area contributed by atoms with Crippen LogP contribution in [0.1, 0.15) is 43.7 Å². The van der Waals surface area contributed by atoms with Crippen LogP contribution in [0.25, 0.3) is 0 Å². The molecular formula is C16H21FN2O. The summed E-state index contributed by atoms with van der Waals surface area (Å²) in [5, 5.41) is 12.3. The van der Waals surface area contributed by atoms with Gasteiger partial charge in [0.2, 0.25) is 0 Å². The molecule has 108 valence electrons. The maximum atomic E-state index is 13.3. The van der Waals surface area contributed by atoms with Crippen molar-refractivity contribution in [1.29, 1.82) is 5.26 Å². The van der Waals surface area contributed by atoms with Crippen LogP contribution in [0.4, 0.5) is 4.39 Å². The fraction of sp³-hybridized carbons (Fsp3) is 0.562. The van der Waals surface area contributed by atoms with Crippen molar-refractivity contribution in [1.82, 2.24) is 5.32 Å². The molecule has 1 aromatic carbocycles. The average Bonchev–Trinajstić information content (AvgIpc) is 2.46. The molecule has 0 atom stereocenters. The standard InChI is InChI=1S/C16H21FN2O/c1-2-19-15-3-5-16(6-4-15)20-11-13-7-12(10-18)8-14(17)9-13/h7-9,15-16,19H,2-6,11H2,1H3. The Kier molecular flexibility index (Phi) is 5.51. The van der Waals surface area contributed by atoms with E-state index >= 15 is 0 Å². The lowest BCUT2D eigenvalue weighted by Gasteiger charge is -2.29. The summed E-state index contributed by atoms with van der Waals surface area (Å²) in [4.78, 5) is 0. The highest BCUT2D eigenvalue weighted by Crippen LogP contribution is 2.22. The molecule has 0 heterocycles. The molecule has 0 bridgehead atoms. The lowest BCUT2D eigenvalue weighted by atomic mass is 9.93. The lowest BCUT2D eigenvalue weighted by molar-refractivity contribution is 0.0113. The summed E-state index contributed by atoms with van der Waals surface area (Å²) in [6.07, 6.45) is 4.59. The van der Waals surface area contributed by atoms with Gasteiger partial charge in [0.05, 0.1) is 24.3 Å². The van der Waals surface area contributed by atoms with E-state index in [1.165, 1.54) is 12.1 Å². The fourth-order valence-corrected chi connectivity index (χ4v) is 2.73. The summed E-state index contributed by atoms with van der Waals surface area (Å²) < 4.78 is 19.1. The molecule has 0 saturated heterocycles. The average molecular weight is 276 g/mol. The lowest BCUT2D eigenvalue weighted by Crippen LogP contribution is -2.35. The number of benzene rings is 1. The van der Waals surface area contributed by atoms with E-state index in [1.807, 2.05) is 6.07 Å². The van der Waals surface area contributed by atoms with Crippen molar-refractivity contribution < 1.29 is 9.13 Å². The van der Waals surface area contributed by atoms with Crippen molar-refractivity contribution >= 4 is 0 Å². The van der Waals surface area contributed by atoms with Gasteiger partial charge in [-0.3, -0.25) is 0 Å². The van der Waals surface area contributed by atoms with Crippen molar-refractivity contribution in [3.05, 3.63) is 35.1 Å². The molecule has 3 nitrogen and oxygen atoms in total. The van der Waals surface area contributed by atoms with E-state index in [-0.39, 0.29) is 11.9 Å². The number of nitriles is 1. The minimum absolute atomic E-state index is 0.249. The Balaban J connectivity index is 1.82. The van der Waals surface area contributed by atoms with Gasteiger partial charge in [-0.25, -0.2) is 4.39 Å². The number of halogens is 1. The molecule has 1 aliphatic rings. The van der Waals surface area contributed by atoms with Gasteiger partial charge in [0.15, 0.2) is 0 Å². The van der Waals surface area contributed by atoms with Gasteiger partial charge in [0.1, 0.15) is 5.82 Å². The quantitative estimate of drug-likeness (QED) is 0.898. The van der Waals surface area contributed by atoms with Gasteiger partial charge in [-0.1, -0.05) is 6.92 Å². The molecule has 0 aliphatic heterocycles. The molecule has 0 radical (unpaired) electrons. The molecule has 1 aromatic rings. The van der Waals surface area contributed by atoms with E-state index in [9.17, 15) is 4.39 Å². The van der Waals surface area contributed by atoms with E-state index in [0.717, 1.165) is 37.8 Å². The van der Waals surface area contributed by atoms with Crippen molar-refractivity contribution in [3.63, 3.8) is 0 Å². The second-order valence-corrected chi connectivity index (χ2v) is 5.30. The summed E-state index contributed by atoms with van der Waals surface area (Å²) in [7, 11) is 0. The molecule has 1 saturated carbocycles. The van der Waals surface area contributed by atoms with Crippen LogP contribution in [0.2, 0.25) is 0 Å². The molecule has 4 heteroatoms. The van der Waals surface area contributed by atoms with Gasteiger partial charge in [0.25, 0.3) is 0 Å². The Labute approximate surface area is 119 Å². The summed E-state index contributed by atoms with van der Waals surface area (Å²) in [5.74, 6) is -0.376. The van der Waals surface area contributed by atoms with Crippen LogP contribution in [-0.2, 0) is 11.3 Å². The largest absolute Gasteiger partial charge is 0.374 e. The van der Waals surface area contributed by atoms with Crippen LogP contribution in [0, 0.1) is 17.1 Å². The van der Waals surface area contributed by atoms with Crippen LogP contribution in [0.3, 0.4) is 0 Å². The van der Waals surface area contributed by atoms with E-state index in [4.69, 9.17) is 10.00 Å². The third-order valence-corrected chi connectivity index (χ3v) is 3.74. The first-order chi connectivity index (χ1) is 9.71. The first-order valence-corrected chi connectivity index (χ1v) is 7.25. The highest BCUT2D eigenvalue weighted by Gasteiger charge is 2.20. The monoisotopic (exact) mass is 276 g/mol. The topological polar surface area (TPSA) is 45.0 Å². The minimum Gasteiger partial charge on any atom is -0.374 e. The molecule has 0 amide bonds. The Bertz CT molecular complexity index is 476. The van der Waals surface area contributed by atoms with E-state index in [1.54, 1.807) is 6.07 Å². The van der Waals surface area contributed by atoms with Gasteiger partial charge >= 0.3 is 0 Å². The molecular weight excluding hydrogens is 255 g/mol. The van der Waals surface area contributed by atoms with E-state index in [2.05, 4.69) is 12.2 Å². The number of rotatable bonds is 5. The fourth-order valence-electron chi connectivity index (χ4n) is 2.73. The highest BCUT2D eigenvalue weighted by atomic mass is 19.1. The number of ether oxygens (including phenoxy) is 1. The predicted molar refractivity (Wildman–Crippen MR) is 75.6 cm³/mol. The summed E-state index contributed by atoms with van der Waals surface area (Å²) >= 11 is 0. The summed E-state index contributed by atoms with van der Waals surface area (Å²) in [6, 6.07) is 6.94. The van der Waals surface area contributed by atoms with Gasteiger partial charge in [-0.2, -0.15) is 5.26 Å². The predicted octanol–water partition coefficient (Wildman–Crippen LogP) is 3.13.